The Balaban J connectivity index is 2.00. The van der Waals surface area contributed by atoms with Gasteiger partial charge < -0.3 is 5.11 Å². The molecule has 2 rings (SSSR count). The van der Waals surface area contributed by atoms with Crippen LogP contribution in [0.3, 0.4) is 0 Å². The van der Waals surface area contributed by atoms with Crippen LogP contribution in [0.4, 0.5) is 0 Å². The number of sulfone groups is 1. The number of Topliss-reactive ketones (excluding diaryl/α,β-unsaturated/α-hetero) is 1. The van der Waals surface area contributed by atoms with E-state index >= 15 is 0 Å². The minimum atomic E-state index is -3.58. The molecule has 0 saturated heterocycles. The van der Waals surface area contributed by atoms with Gasteiger partial charge in [-0.2, -0.15) is 0 Å². The number of carbonyl (C=O) groups is 2. The molecule has 1 fully saturated rings. The molecule has 0 aliphatic heterocycles. The first-order chi connectivity index (χ1) is 10.9. The van der Waals surface area contributed by atoms with Gasteiger partial charge in [0.05, 0.1) is 17.4 Å². The van der Waals surface area contributed by atoms with Gasteiger partial charge in [0.1, 0.15) is 5.78 Å². The Morgan fingerprint density at radius 1 is 1.13 bits per heavy atom. The van der Waals surface area contributed by atoms with Gasteiger partial charge >= 0.3 is 5.97 Å². The first-order valence-corrected chi connectivity index (χ1v) is 9.69. The van der Waals surface area contributed by atoms with Crippen LogP contribution in [0.5, 0.6) is 0 Å². The van der Waals surface area contributed by atoms with E-state index in [9.17, 15) is 23.1 Å². The zero-order valence-corrected chi connectivity index (χ0v) is 13.8. The van der Waals surface area contributed by atoms with Crippen LogP contribution in [-0.2, 0) is 25.2 Å². The molecule has 0 heterocycles. The van der Waals surface area contributed by atoms with Crippen molar-refractivity contribution in [3.8, 4) is 0 Å². The monoisotopic (exact) mass is 338 g/mol. The standard InChI is InChI=1S/C17H22O5S/c18-16(14-8-4-5-9-14)10-15(17(19)20)12-23(21,22)11-13-6-2-1-3-7-13/h1-3,6-7,14-15H,4-5,8-12H2,(H,19,20). The minimum Gasteiger partial charge on any atom is -0.481 e. The Bertz CT molecular complexity index is 645. The van der Waals surface area contributed by atoms with Crippen molar-refractivity contribution in [3.63, 3.8) is 0 Å². The van der Waals surface area contributed by atoms with Crippen LogP contribution in [0.15, 0.2) is 30.3 Å². The summed E-state index contributed by atoms with van der Waals surface area (Å²) in [6.07, 6.45) is 3.37. The normalized spacial score (nSPS) is 17.0. The van der Waals surface area contributed by atoms with Crippen molar-refractivity contribution in [2.45, 2.75) is 37.9 Å². The topological polar surface area (TPSA) is 88.5 Å². The van der Waals surface area contributed by atoms with Crippen molar-refractivity contribution in [3.05, 3.63) is 35.9 Å². The number of aliphatic carboxylic acids is 1. The second-order valence-corrected chi connectivity index (χ2v) is 8.34. The molecule has 1 atom stereocenters. The van der Waals surface area contributed by atoms with E-state index in [2.05, 4.69) is 0 Å². The van der Waals surface area contributed by atoms with E-state index in [0.29, 0.717) is 5.56 Å². The highest BCUT2D eigenvalue weighted by Gasteiger charge is 2.31. The smallest absolute Gasteiger partial charge is 0.307 e. The van der Waals surface area contributed by atoms with E-state index in [0.717, 1.165) is 25.7 Å². The number of carboxylic acids is 1. The molecule has 1 N–H and O–H groups in total. The van der Waals surface area contributed by atoms with Crippen molar-refractivity contribution in [2.24, 2.45) is 11.8 Å². The fraction of sp³-hybridized carbons (Fsp3) is 0.529. The lowest BCUT2D eigenvalue weighted by Crippen LogP contribution is -2.28. The van der Waals surface area contributed by atoms with Crippen molar-refractivity contribution in [1.29, 1.82) is 0 Å². The lowest BCUT2D eigenvalue weighted by Gasteiger charge is -2.15. The van der Waals surface area contributed by atoms with E-state index in [1.54, 1.807) is 30.3 Å². The fourth-order valence-corrected chi connectivity index (χ4v) is 4.76. The summed E-state index contributed by atoms with van der Waals surface area (Å²) in [6.45, 7) is 0. The first-order valence-electron chi connectivity index (χ1n) is 7.87. The summed E-state index contributed by atoms with van der Waals surface area (Å²) in [6, 6.07) is 8.65. The molecule has 1 aromatic carbocycles. The molecule has 0 aromatic heterocycles. The molecule has 1 aromatic rings. The third kappa shape index (κ3) is 5.46. The van der Waals surface area contributed by atoms with Crippen LogP contribution < -0.4 is 0 Å². The van der Waals surface area contributed by atoms with E-state index in [4.69, 9.17) is 0 Å². The van der Waals surface area contributed by atoms with Crippen molar-refractivity contribution >= 4 is 21.6 Å². The molecule has 0 bridgehead atoms. The molecule has 126 valence electrons. The van der Waals surface area contributed by atoms with Crippen molar-refractivity contribution in [2.75, 3.05) is 5.75 Å². The second kappa shape index (κ2) is 7.73. The number of benzene rings is 1. The maximum Gasteiger partial charge on any atom is 0.307 e. The zero-order chi connectivity index (χ0) is 16.9. The van der Waals surface area contributed by atoms with Crippen LogP contribution in [0.25, 0.3) is 0 Å². The SMILES string of the molecule is O=C(O)C(CC(=O)C1CCCC1)CS(=O)(=O)Cc1ccccc1. The molecule has 1 aliphatic carbocycles. The van der Waals surface area contributed by atoms with Gasteiger partial charge in [-0.25, -0.2) is 8.42 Å². The number of hydrogen-bond donors (Lipinski definition) is 1. The molecule has 1 aliphatic rings. The molecule has 23 heavy (non-hydrogen) atoms. The van der Waals surface area contributed by atoms with Gasteiger partial charge in [-0.1, -0.05) is 43.2 Å². The summed E-state index contributed by atoms with van der Waals surface area (Å²) >= 11 is 0. The number of carbonyl (C=O) groups excluding carboxylic acids is 1. The van der Waals surface area contributed by atoms with E-state index in [1.165, 1.54) is 0 Å². The average Bonchev–Trinajstić information content (AvgIpc) is 3.01. The Hall–Kier alpha value is -1.69. The van der Waals surface area contributed by atoms with E-state index in [1.807, 2.05) is 0 Å². The van der Waals surface area contributed by atoms with Crippen LogP contribution >= 0.6 is 0 Å². The van der Waals surface area contributed by atoms with Gasteiger partial charge in [0.25, 0.3) is 0 Å². The molecule has 1 saturated carbocycles. The summed E-state index contributed by atoms with van der Waals surface area (Å²) in [5.74, 6) is -3.26. The van der Waals surface area contributed by atoms with Crippen molar-refractivity contribution < 1.29 is 23.1 Å². The Labute approximate surface area is 136 Å². The minimum absolute atomic E-state index is 0.0892. The Morgan fingerprint density at radius 3 is 2.30 bits per heavy atom. The van der Waals surface area contributed by atoms with E-state index < -0.39 is 27.5 Å². The molecular formula is C17H22O5S. The maximum atomic E-state index is 12.2. The van der Waals surface area contributed by atoms with Gasteiger partial charge in [0, 0.05) is 12.3 Å². The quantitative estimate of drug-likeness (QED) is 0.786. The summed E-state index contributed by atoms with van der Waals surface area (Å²) in [7, 11) is -3.58. The lowest BCUT2D eigenvalue weighted by atomic mass is 9.94. The predicted octanol–water partition coefficient (Wildman–Crippen LogP) is 2.45. The largest absolute Gasteiger partial charge is 0.481 e. The third-order valence-corrected chi connectivity index (χ3v) is 5.98. The highest BCUT2D eigenvalue weighted by atomic mass is 32.2. The highest BCUT2D eigenvalue weighted by molar-refractivity contribution is 7.90. The van der Waals surface area contributed by atoms with Crippen LogP contribution in [0.2, 0.25) is 0 Å². The number of carboxylic acid groups (broad SMARTS) is 1. The third-order valence-electron chi connectivity index (χ3n) is 4.29. The molecule has 0 spiro atoms. The molecule has 5 nitrogen and oxygen atoms in total. The van der Waals surface area contributed by atoms with Gasteiger partial charge in [0.15, 0.2) is 9.84 Å². The van der Waals surface area contributed by atoms with Gasteiger partial charge in [-0.05, 0) is 18.4 Å². The molecule has 0 amide bonds. The molecular weight excluding hydrogens is 316 g/mol. The summed E-state index contributed by atoms with van der Waals surface area (Å²) < 4.78 is 24.5. The summed E-state index contributed by atoms with van der Waals surface area (Å²) in [5, 5.41) is 9.28. The maximum absolute atomic E-state index is 12.2. The average molecular weight is 338 g/mol. The van der Waals surface area contributed by atoms with Crippen LogP contribution in [0, 0.1) is 11.8 Å². The zero-order valence-electron chi connectivity index (χ0n) is 13.0. The predicted molar refractivity (Wildman–Crippen MR) is 86.6 cm³/mol. The van der Waals surface area contributed by atoms with Gasteiger partial charge in [-0.15, -0.1) is 0 Å². The van der Waals surface area contributed by atoms with Crippen LogP contribution in [0.1, 0.15) is 37.7 Å². The molecule has 6 heteroatoms. The Morgan fingerprint density at radius 2 is 1.74 bits per heavy atom. The number of hydrogen-bond acceptors (Lipinski definition) is 4. The molecule has 0 radical (unpaired) electrons. The van der Waals surface area contributed by atoms with Crippen molar-refractivity contribution in [1.82, 2.24) is 0 Å². The first kappa shape index (κ1) is 17.7. The second-order valence-electron chi connectivity index (χ2n) is 6.23. The molecule has 1 unspecified atom stereocenters. The fourth-order valence-electron chi connectivity index (χ4n) is 3.07. The summed E-state index contributed by atoms with van der Waals surface area (Å²) in [5.41, 5.74) is 0.624. The van der Waals surface area contributed by atoms with E-state index in [-0.39, 0.29) is 23.9 Å². The Kier molecular flexibility index (Phi) is 5.93. The van der Waals surface area contributed by atoms with Crippen LogP contribution in [-0.4, -0.2) is 31.0 Å². The highest BCUT2D eigenvalue weighted by Crippen LogP contribution is 2.28. The number of rotatable bonds is 8. The van der Waals surface area contributed by atoms with Gasteiger partial charge in [-0.3, -0.25) is 9.59 Å². The number of ketones is 1. The van der Waals surface area contributed by atoms with Gasteiger partial charge in [0.2, 0.25) is 0 Å². The lowest BCUT2D eigenvalue weighted by molar-refractivity contribution is -0.143. The summed E-state index contributed by atoms with van der Waals surface area (Å²) in [4.78, 5) is 23.5.